The van der Waals surface area contributed by atoms with E-state index >= 15 is 0 Å². The van der Waals surface area contributed by atoms with Crippen molar-refractivity contribution in [1.82, 2.24) is 10.3 Å². The van der Waals surface area contributed by atoms with Crippen molar-refractivity contribution in [3.63, 3.8) is 0 Å². The van der Waals surface area contributed by atoms with Crippen LogP contribution >= 0.6 is 0 Å². The zero-order valence-electron chi connectivity index (χ0n) is 9.26. The van der Waals surface area contributed by atoms with E-state index in [1.807, 2.05) is 30.3 Å². The smallest absolute Gasteiger partial charge is 0.270 e. The predicted molar refractivity (Wildman–Crippen MR) is 65.6 cm³/mol. The highest BCUT2D eigenvalue weighted by molar-refractivity contribution is 6.05. The molecule has 0 spiro atoms. The minimum Gasteiger partial charge on any atom is -0.346 e. The number of hydrogen-bond acceptors (Lipinski definition) is 3. The number of nitrogens with two attached hydrogens (primary N) is 1. The van der Waals surface area contributed by atoms with Crippen LogP contribution in [-0.2, 0) is 0 Å². The van der Waals surface area contributed by atoms with Gasteiger partial charge in [0.05, 0.1) is 0 Å². The summed E-state index contributed by atoms with van der Waals surface area (Å²) in [4.78, 5) is 16.2. The summed E-state index contributed by atoms with van der Waals surface area (Å²) in [6.45, 7) is 0. The van der Waals surface area contributed by atoms with Gasteiger partial charge in [0.1, 0.15) is 5.69 Å². The van der Waals surface area contributed by atoms with Gasteiger partial charge in [0, 0.05) is 23.7 Å². The summed E-state index contributed by atoms with van der Waals surface area (Å²) < 4.78 is 0. The van der Waals surface area contributed by atoms with Gasteiger partial charge in [-0.25, -0.2) is 0 Å². The van der Waals surface area contributed by atoms with Crippen molar-refractivity contribution in [3.8, 4) is 0 Å². The molecule has 1 aliphatic carbocycles. The molecule has 3 rings (SSSR count). The van der Waals surface area contributed by atoms with Crippen molar-refractivity contribution in [2.45, 2.75) is 18.5 Å². The zero-order valence-corrected chi connectivity index (χ0v) is 9.26. The lowest BCUT2D eigenvalue weighted by Crippen LogP contribution is -2.30. The first-order valence-electron chi connectivity index (χ1n) is 5.66. The molecule has 3 N–H and O–H groups in total. The highest BCUT2D eigenvalue weighted by atomic mass is 16.2. The molecule has 2 unspecified atom stereocenters. The molecule has 1 fully saturated rings. The summed E-state index contributed by atoms with van der Waals surface area (Å²) in [6, 6.07) is 9.84. The number of carbonyl (C=O) groups is 1. The zero-order chi connectivity index (χ0) is 11.8. The highest BCUT2D eigenvalue weighted by Gasteiger charge is 2.35. The van der Waals surface area contributed by atoms with Gasteiger partial charge in [-0.05, 0) is 17.9 Å². The maximum absolute atomic E-state index is 12.0. The topological polar surface area (TPSA) is 68.0 Å². The Bertz CT molecular complexity index is 576. The molecule has 1 saturated carbocycles. The van der Waals surface area contributed by atoms with Crippen LogP contribution in [0.2, 0.25) is 0 Å². The Morgan fingerprint density at radius 1 is 1.35 bits per heavy atom. The number of benzene rings is 1. The maximum Gasteiger partial charge on any atom is 0.270 e. The van der Waals surface area contributed by atoms with E-state index in [0.717, 1.165) is 17.2 Å². The number of rotatable bonds is 2. The van der Waals surface area contributed by atoms with Crippen LogP contribution in [-0.4, -0.2) is 23.0 Å². The molecule has 86 valence electrons. The third-order valence-electron chi connectivity index (χ3n) is 3.05. The van der Waals surface area contributed by atoms with Crippen LogP contribution in [0.4, 0.5) is 0 Å². The van der Waals surface area contributed by atoms with Gasteiger partial charge < -0.3 is 11.1 Å². The van der Waals surface area contributed by atoms with Crippen molar-refractivity contribution in [2.24, 2.45) is 5.73 Å². The Hall–Kier alpha value is -1.94. The summed E-state index contributed by atoms with van der Waals surface area (Å²) in [6.07, 6.45) is 2.51. The monoisotopic (exact) mass is 227 g/mol. The van der Waals surface area contributed by atoms with E-state index < -0.39 is 0 Å². The van der Waals surface area contributed by atoms with Gasteiger partial charge in [-0.3, -0.25) is 9.78 Å². The normalized spacial score (nSPS) is 22.4. The van der Waals surface area contributed by atoms with Crippen LogP contribution in [0.3, 0.4) is 0 Å². The summed E-state index contributed by atoms with van der Waals surface area (Å²) in [5, 5.41) is 4.78. The van der Waals surface area contributed by atoms with E-state index in [2.05, 4.69) is 10.3 Å². The van der Waals surface area contributed by atoms with Crippen molar-refractivity contribution in [1.29, 1.82) is 0 Å². The second-order valence-electron chi connectivity index (χ2n) is 4.36. The van der Waals surface area contributed by atoms with Gasteiger partial charge in [-0.15, -0.1) is 0 Å². The van der Waals surface area contributed by atoms with E-state index in [0.29, 0.717) is 5.69 Å². The predicted octanol–water partition coefficient (Wildman–Crippen LogP) is 1.06. The quantitative estimate of drug-likeness (QED) is 0.806. The van der Waals surface area contributed by atoms with Crippen LogP contribution in [0.15, 0.2) is 36.5 Å². The van der Waals surface area contributed by atoms with Gasteiger partial charge in [-0.2, -0.15) is 0 Å². The summed E-state index contributed by atoms with van der Waals surface area (Å²) >= 11 is 0. The van der Waals surface area contributed by atoms with Crippen LogP contribution in [0, 0.1) is 0 Å². The average molecular weight is 227 g/mol. The van der Waals surface area contributed by atoms with Crippen molar-refractivity contribution >= 4 is 16.7 Å². The number of carbonyl (C=O) groups excluding carboxylic acids is 1. The molecule has 1 aliphatic rings. The van der Waals surface area contributed by atoms with Crippen LogP contribution in [0.5, 0.6) is 0 Å². The average Bonchev–Trinajstić information content (AvgIpc) is 3.04. The fourth-order valence-corrected chi connectivity index (χ4v) is 1.92. The Morgan fingerprint density at radius 3 is 2.88 bits per heavy atom. The Balaban J connectivity index is 1.96. The number of hydrogen-bond donors (Lipinski definition) is 2. The molecule has 1 aromatic carbocycles. The molecule has 1 heterocycles. The molecule has 4 nitrogen and oxygen atoms in total. The lowest BCUT2D eigenvalue weighted by Gasteiger charge is -2.06. The molecule has 2 aromatic rings. The lowest BCUT2D eigenvalue weighted by molar-refractivity contribution is 0.0947. The Morgan fingerprint density at radius 2 is 2.12 bits per heavy atom. The lowest BCUT2D eigenvalue weighted by atomic mass is 10.1. The second-order valence-corrected chi connectivity index (χ2v) is 4.36. The molecular formula is C13H13N3O. The first-order valence-corrected chi connectivity index (χ1v) is 5.66. The fourth-order valence-electron chi connectivity index (χ4n) is 1.92. The number of nitrogens with one attached hydrogen (secondary N) is 1. The van der Waals surface area contributed by atoms with E-state index in [-0.39, 0.29) is 18.0 Å². The summed E-state index contributed by atoms with van der Waals surface area (Å²) in [5.41, 5.74) is 6.14. The minimum absolute atomic E-state index is 0.105. The van der Waals surface area contributed by atoms with Crippen molar-refractivity contribution in [2.75, 3.05) is 0 Å². The molecule has 1 amide bonds. The van der Waals surface area contributed by atoms with Gasteiger partial charge >= 0.3 is 0 Å². The molecule has 0 radical (unpaired) electrons. The summed E-state index contributed by atoms with van der Waals surface area (Å²) in [5.74, 6) is -0.139. The number of fused-ring (bicyclic) bond motifs is 1. The fraction of sp³-hybridized carbons (Fsp3) is 0.231. The molecular weight excluding hydrogens is 214 g/mol. The largest absolute Gasteiger partial charge is 0.346 e. The van der Waals surface area contributed by atoms with Crippen LogP contribution in [0.1, 0.15) is 16.9 Å². The Kier molecular flexibility index (Phi) is 2.30. The number of aromatic nitrogens is 1. The van der Waals surface area contributed by atoms with E-state index in [9.17, 15) is 4.79 Å². The number of pyridine rings is 1. The van der Waals surface area contributed by atoms with Crippen molar-refractivity contribution in [3.05, 3.63) is 42.2 Å². The van der Waals surface area contributed by atoms with Gasteiger partial charge in [0.2, 0.25) is 0 Å². The van der Waals surface area contributed by atoms with Crippen molar-refractivity contribution < 1.29 is 4.79 Å². The van der Waals surface area contributed by atoms with E-state index in [4.69, 9.17) is 5.73 Å². The third-order valence-corrected chi connectivity index (χ3v) is 3.05. The van der Waals surface area contributed by atoms with Gasteiger partial charge in [0.15, 0.2) is 0 Å². The molecule has 4 heteroatoms. The van der Waals surface area contributed by atoms with E-state index in [1.165, 1.54) is 0 Å². The first-order chi connectivity index (χ1) is 8.25. The molecule has 1 aromatic heterocycles. The molecule has 0 bridgehead atoms. The van der Waals surface area contributed by atoms with Gasteiger partial charge in [0.25, 0.3) is 5.91 Å². The van der Waals surface area contributed by atoms with Crippen LogP contribution < -0.4 is 11.1 Å². The van der Waals surface area contributed by atoms with Crippen LogP contribution in [0.25, 0.3) is 10.8 Å². The second kappa shape index (κ2) is 3.82. The van der Waals surface area contributed by atoms with E-state index in [1.54, 1.807) is 6.20 Å². The SMILES string of the molecule is NC1CC1NC(=O)c1nccc2ccccc12. The molecule has 0 saturated heterocycles. The minimum atomic E-state index is -0.139. The third kappa shape index (κ3) is 1.87. The Labute approximate surface area is 98.8 Å². The molecule has 0 aliphatic heterocycles. The van der Waals surface area contributed by atoms with Gasteiger partial charge in [-0.1, -0.05) is 24.3 Å². The number of amides is 1. The first kappa shape index (κ1) is 10.2. The highest BCUT2D eigenvalue weighted by Crippen LogP contribution is 2.20. The summed E-state index contributed by atoms with van der Waals surface area (Å²) in [7, 11) is 0. The molecule has 2 atom stereocenters. The maximum atomic E-state index is 12.0. The standard InChI is InChI=1S/C13H13N3O/c14-10-7-11(10)16-13(17)12-9-4-2-1-3-8(9)5-6-15-12/h1-6,10-11H,7,14H2,(H,16,17). The molecule has 17 heavy (non-hydrogen) atoms. The number of nitrogens with zero attached hydrogens (tertiary/aromatic N) is 1.